The highest BCUT2D eigenvalue weighted by molar-refractivity contribution is 5.94. The van der Waals surface area contributed by atoms with Crippen molar-refractivity contribution < 1.29 is 4.79 Å². The number of para-hydroxylation sites is 1. The van der Waals surface area contributed by atoms with E-state index in [1.54, 1.807) is 48.5 Å². The molecule has 0 aliphatic carbocycles. The average molecular weight is 469 g/mol. The molecule has 3 aromatic carbocycles. The van der Waals surface area contributed by atoms with Gasteiger partial charge in [0.25, 0.3) is 11.5 Å². The molecular weight excluding hydrogens is 440 g/mol. The third-order valence-corrected chi connectivity index (χ3v) is 6.62. The lowest BCUT2D eigenvalue weighted by atomic mass is 10.0. The maximum Gasteiger partial charge on any atom is 0.329 e. The van der Waals surface area contributed by atoms with E-state index in [-0.39, 0.29) is 24.1 Å². The van der Waals surface area contributed by atoms with Crippen LogP contribution in [0.25, 0.3) is 10.9 Å². The van der Waals surface area contributed by atoms with Crippen LogP contribution >= 0.6 is 0 Å². The van der Waals surface area contributed by atoms with Crippen LogP contribution in [0.1, 0.15) is 34.3 Å². The first-order chi connectivity index (χ1) is 17.1. The molecular formula is C28H28N4O3. The normalized spacial score (nSPS) is 14.7. The number of piperidine rings is 1. The van der Waals surface area contributed by atoms with E-state index in [0.717, 1.165) is 38.0 Å². The number of hydrogen-bond donors (Lipinski definition) is 2. The van der Waals surface area contributed by atoms with Crippen molar-refractivity contribution in [2.45, 2.75) is 32.0 Å². The van der Waals surface area contributed by atoms with Crippen molar-refractivity contribution in [3.05, 3.63) is 116 Å². The van der Waals surface area contributed by atoms with E-state index < -0.39 is 5.69 Å². The minimum atomic E-state index is -0.450. The third kappa shape index (κ3) is 5.25. The molecule has 35 heavy (non-hydrogen) atoms. The van der Waals surface area contributed by atoms with Gasteiger partial charge < -0.3 is 10.3 Å². The molecule has 0 bridgehead atoms. The SMILES string of the molecule is O=C(NC1CCN(Cc2ccccc2)CC1)c1ccc(Cn2c(=O)[nH]c3ccccc3c2=O)cc1. The number of nitrogens with one attached hydrogen (secondary N) is 2. The van der Waals surface area contributed by atoms with Gasteiger partial charge in [0.1, 0.15) is 0 Å². The Bertz CT molecular complexity index is 1430. The number of aromatic nitrogens is 2. The fraction of sp³-hybridized carbons (Fsp3) is 0.250. The lowest BCUT2D eigenvalue weighted by Crippen LogP contribution is -2.44. The van der Waals surface area contributed by atoms with Crippen LogP contribution in [0.2, 0.25) is 0 Å². The van der Waals surface area contributed by atoms with Crippen molar-refractivity contribution in [2.75, 3.05) is 13.1 Å². The van der Waals surface area contributed by atoms with Crippen molar-refractivity contribution >= 4 is 16.8 Å². The number of fused-ring (bicyclic) bond motifs is 1. The van der Waals surface area contributed by atoms with Gasteiger partial charge in [-0.05, 0) is 48.2 Å². The zero-order chi connectivity index (χ0) is 24.2. The van der Waals surface area contributed by atoms with E-state index in [1.807, 2.05) is 6.07 Å². The predicted octanol–water partition coefficient (Wildman–Crippen LogP) is 3.13. The number of amides is 1. The van der Waals surface area contributed by atoms with Crippen LogP contribution in [-0.4, -0.2) is 39.5 Å². The number of nitrogens with zero attached hydrogens (tertiary/aromatic N) is 2. The van der Waals surface area contributed by atoms with Crippen LogP contribution in [0.5, 0.6) is 0 Å². The summed E-state index contributed by atoms with van der Waals surface area (Å²) in [6.07, 6.45) is 1.84. The van der Waals surface area contributed by atoms with Crippen LogP contribution in [0.3, 0.4) is 0 Å². The summed E-state index contributed by atoms with van der Waals surface area (Å²) in [7, 11) is 0. The number of rotatable bonds is 6. The second kappa shape index (κ2) is 10.1. The second-order valence-electron chi connectivity index (χ2n) is 9.07. The summed E-state index contributed by atoms with van der Waals surface area (Å²) in [5.41, 5.74) is 2.40. The molecule has 1 aliphatic heterocycles. The van der Waals surface area contributed by atoms with Crippen molar-refractivity contribution in [1.29, 1.82) is 0 Å². The molecule has 1 fully saturated rings. The molecule has 7 heteroatoms. The lowest BCUT2D eigenvalue weighted by Gasteiger charge is -2.32. The zero-order valence-electron chi connectivity index (χ0n) is 19.4. The van der Waals surface area contributed by atoms with Crippen molar-refractivity contribution in [3.8, 4) is 0 Å². The van der Waals surface area contributed by atoms with E-state index in [1.165, 1.54) is 10.1 Å². The summed E-state index contributed by atoms with van der Waals surface area (Å²) in [6.45, 7) is 2.98. The van der Waals surface area contributed by atoms with E-state index in [4.69, 9.17) is 0 Å². The molecule has 0 unspecified atom stereocenters. The summed E-state index contributed by atoms with van der Waals surface area (Å²) < 4.78 is 1.18. The molecule has 2 N–H and O–H groups in total. The van der Waals surface area contributed by atoms with Crippen molar-refractivity contribution in [1.82, 2.24) is 19.8 Å². The largest absolute Gasteiger partial charge is 0.349 e. The Hall–Kier alpha value is -3.97. The molecule has 5 rings (SSSR count). The van der Waals surface area contributed by atoms with Gasteiger partial charge >= 0.3 is 5.69 Å². The fourth-order valence-corrected chi connectivity index (χ4v) is 4.63. The van der Waals surface area contributed by atoms with Crippen LogP contribution in [-0.2, 0) is 13.1 Å². The summed E-state index contributed by atoms with van der Waals surface area (Å²) >= 11 is 0. The molecule has 1 aromatic heterocycles. The first kappa shape index (κ1) is 22.8. The number of carbonyl (C=O) groups excluding carboxylic acids is 1. The summed E-state index contributed by atoms with van der Waals surface area (Å²) in [6, 6.07) is 24.6. The monoisotopic (exact) mass is 468 g/mol. The van der Waals surface area contributed by atoms with Gasteiger partial charge in [0.15, 0.2) is 0 Å². The molecule has 1 aliphatic rings. The molecule has 0 radical (unpaired) electrons. The Labute approximate surface area is 203 Å². The minimum Gasteiger partial charge on any atom is -0.349 e. The molecule has 7 nitrogen and oxygen atoms in total. The Morgan fingerprint density at radius 3 is 2.23 bits per heavy atom. The number of hydrogen-bond acceptors (Lipinski definition) is 4. The summed E-state index contributed by atoms with van der Waals surface area (Å²) in [5.74, 6) is -0.0984. The summed E-state index contributed by atoms with van der Waals surface area (Å²) in [4.78, 5) is 43.1. The van der Waals surface area contributed by atoms with E-state index >= 15 is 0 Å². The van der Waals surface area contributed by atoms with E-state index in [9.17, 15) is 14.4 Å². The smallest absolute Gasteiger partial charge is 0.329 e. The molecule has 1 saturated heterocycles. The van der Waals surface area contributed by atoms with Crippen molar-refractivity contribution in [3.63, 3.8) is 0 Å². The molecule has 178 valence electrons. The van der Waals surface area contributed by atoms with Gasteiger partial charge in [0.05, 0.1) is 17.4 Å². The number of carbonyl (C=O) groups is 1. The lowest BCUT2D eigenvalue weighted by molar-refractivity contribution is 0.0909. The van der Waals surface area contributed by atoms with Crippen molar-refractivity contribution in [2.24, 2.45) is 0 Å². The fourth-order valence-electron chi connectivity index (χ4n) is 4.63. The molecule has 0 spiro atoms. The quantitative estimate of drug-likeness (QED) is 0.455. The van der Waals surface area contributed by atoms with Gasteiger partial charge in [-0.3, -0.25) is 19.1 Å². The van der Waals surface area contributed by atoms with Crippen LogP contribution in [0.4, 0.5) is 0 Å². The van der Waals surface area contributed by atoms with Gasteiger partial charge in [-0.15, -0.1) is 0 Å². The second-order valence-corrected chi connectivity index (χ2v) is 9.07. The van der Waals surface area contributed by atoms with Crippen LogP contribution < -0.4 is 16.6 Å². The summed E-state index contributed by atoms with van der Waals surface area (Å²) in [5, 5.41) is 3.62. The van der Waals surface area contributed by atoms with Gasteiger partial charge in [-0.25, -0.2) is 4.79 Å². The zero-order valence-corrected chi connectivity index (χ0v) is 19.4. The topological polar surface area (TPSA) is 87.2 Å². The molecule has 4 aromatic rings. The highest BCUT2D eigenvalue weighted by Gasteiger charge is 2.21. The highest BCUT2D eigenvalue weighted by atomic mass is 16.2. The van der Waals surface area contributed by atoms with Gasteiger partial charge in [0, 0.05) is 31.2 Å². The van der Waals surface area contributed by atoms with Crippen LogP contribution in [0, 0.1) is 0 Å². The minimum absolute atomic E-state index is 0.0984. The third-order valence-electron chi connectivity index (χ3n) is 6.62. The molecule has 0 saturated carbocycles. The van der Waals surface area contributed by atoms with Gasteiger partial charge in [-0.2, -0.15) is 0 Å². The molecule has 1 amide bonds. The van der Waals surface area contributed by atoms with Crippen LogP contribution in [0.15, 0.2) is 88.5 Å². The number of benzene rings is 3. The molecule has 0 atom stereocenters. The van der Waals surface area contributed by atoms with Gasteiger partial charge in [-0.1, -0.05) is 54.6 Å². The number of likely N-dealkylation sites (tertiary alicyclic amines) is 1. The standard InChI is InChI=1S/C28H28N4O3/c33-26(29-23-14-16-31(17-15-23)18-20-6-2-1-3-7-20)22-12-10-21(11-13-22)19-32-27(34)24-8-4-5-9-25(24)30-28(32)35/h1-13,23H,14-19H2,(H,29,33)(H,30,35). The first-order valence-corrected chi connectivity index (χ1v) is 11.9. The maximum atomic E-state index is 12.8. The Morgan fingerprint density at radius 1 is 0.829 bits per heavy atom. The van der Waals surface area contributed by atoms with E-state index in [0.29, 0.717) is 16.5 Å². The Kier molecular flexibility index (Phi) is 6.59. The average Bonchev–Trinajstić information content (AvgIpc) is 2.89. The van der Waals surface area contributed by atoms with E-state index in [2.05, 4.69) is 39.5 Å². The Balaban J connectivity index is 1.18. The maximum absolute atomic E-state index is 12.8. The molecule has 2 heterocycles. The first-order valence-electron chi connectivity index (χ1n) is 11.9. The van der Waals surface area contributed by atoms with Gasteiger partial charge in [0.2, 0.25) is 0 Å². The number of H-pyrrole nitrogens is 1. The highest BCUT2D eigenvalue weighted by Crippen LogP contribution is 2.15. The number of aromatic amines is 1. The predicted molar refractivity (Wildman–Crippen MR) is 137 cm³/mol. The Morgan fingerprint density at radius 2 is 1.49 bits per heavy atom.